The Morgan fingerprint density at radius 3 is 2.71 bits per heavy atom. The third-order valence-electron chi connectivity index (χ3n) is 4.88. The quantitative estimate of drug-likeness (QED) is 0.459. The van der Waals surface area contributed by atoms with Crippen molar-refractivity contribution in [2.24, 2.45) is 0 Å². The molecule has 0 aliphatic carbocycles. The van der Waals surface area contributed by atoms with Gasteiger partial charge in [-0.15, -0.1) is 0 Å². The number of rotatable bonds is 6. The molecule has 1 aromatic carbocycles. The molecule has 0 atom stereocenters. The van der Waals surface area contributed by atoms with Crippen LogP contribution >= 0.6 is 11.8 Å². The second kappa shape index (κ2) is 9.03. The second-order valence-electron chi connectivity index (χ2n) is 7.78. The molecule has 3 aromatic rings. The third kappa shape index (κ3) is 5.21. The molecule has 0 saturated heterocycles. The Bertz CT molecular complexity index is 1070. The first-order valence-electron chi connectivity index (χ1n) is 9.95. The van der Waals surface area contributed by atoms with Crippen LogP contribution in [0.5, 0.6) is 5.75 Å². The molecule has 7 nitrogen and oxygen atoms in total. The first-order chi connectivity index (χ1) is 14.9. The molecule has 1 aliphatic rings. The maximum atomic E-state index is 12.4. The van der Waals surface area contributed by atoms with Gasteiger partial charge in [-0.1, -0.05) is 17.8 Å². The first-order valence-corrected chi connectivity index (χ1v) is 10.9. The number of carbonyl (C=O) groups excluding carboxylic acids is 1. The maximum absolute atomic E-state index is 12.4. The van der Waals surface area contributed by atoms with Crippen molar-refractivity contribution in [2.75, 3.05) is 18.2 Å². The van der Waals surface area contributed by atoms with E-state index in [1.807, 2.05) is 30.3 Å². The lowest BCUT2D eigenvalue weighted by Gasteiger charge is -2.32. The summed E-state index contributed by atoms with van der Waals surface area (Å²) < 4.78 is 11.2. The van der Waals surface area contributed by atoms with Crippen LogP contribution in [-0.4, -0.2) is 39.3 Å². The molecule has 160 valence electrons. The number of pyridine rings is 1. The molecule has 0 radical (unpaired) electrons. The number of thioether (sulfide) groups is 1. The number of fused-ring (bicyclic) bond motifs is 1. The van der Waals surface area contributed by atoms with Gasteiger partial charge < -0.3 is 14.8 Å². The molecule has 0 saturated carbocycles. The van der Waals surface area contributed by atoms with E-state index in [-0.39, 0.29) is 17.3 Å². The molecule has 0 unspecified atom stereocenters. The van der Waals surface area contributed by atoms with Crippen molar-refractivity contribution in [3.8, 4) is 17.1 Å². The van der Waals surface area contributed by atoms with Crippen molar-refractivity contribution in [3.05, 3.63) is 59.9 Å². The fraction of sp³-hybridized carbons (Fsp3) is 0.304. The van der Waals surface area contributed by atoms with Gasteiger partial charge in [0.25, 0.3) is 0 Å². The zero-order valence-corrected chi connectivity index (χ0v) is 18.5. The van der Waals surface area contributed by atoms with Crippen molar-refractivity contribution in [1.82, 2.24) is 15.0 Å². The van der Waals surface area contributed by atoms with Crippen LogP contribution in [0, 0.1) is 0 Å². The van der Waals surface area contributed by atoms with Crippen LogP contribution in [0.4, 0.5) is 5.82 Å². The van der Waals surface area contributed by atoms with Crippen molar-refractivity contribution in [2.45, 2.75) is 37.5 Å². The molecule has 4 rings (SSSR count). The van der Waals surface area contributed by atoms with E-state index in [4.69, 9.17) is 19.4 Å². The van der Waals surface area contributed by atoms with E-state index in [9.17, 15) is 4.79 Å². The number of ether oxygens (including phenoxy) is 2. The number of nitrogens with zero attached hydrogens (tertiary/aromatic N) is 3. The smallest absolute Gasteiger partial charge is 0.235 e. The van der Waals surface area contributed by atoms with Gasteiger partial charge in [0, 0.05) is 23.7 Å². The summed E-state index contributed by atoms with van der Waals surface area (Å²) in [6.45, 7) is 4.53. The standard InChI is InChI=1S/C23H24N4O3S/c1-23(2)12-18-17(13-30-23)22(31-14-20(28)26-19-6-4-5-11-24-19)27-21(25-18)15-7-9-16(29-3)10-8-15/h4-11H,12-14H2,1-3H3,(H,24,26,28). The Morgan fingerprint density at radius 1 is 1.19 bits per heavy atom. The van der Waals surface area contributed by atoms with Crippen LogP contribution in [0.3, 0.4) is 0 Å². The van der Waals surface area contributed by atoms with Crippen LogP contribution < -0.4 is 10.1 Å². The number of carbonyl (C=O) groups is 1. The Morgan fingerprint density at radius 2 is 2.00 bits per heavy atom. The number of methoxy groups -OCH3 is 1. The van der Waals surface area contributed by atoms with Crippen molar-refractivity contribution < 1.29 is 14.3 Å². The van der Waals surface area contributed by atoms with Crippen molar-refractivity contribution in [3.63, 3.8) is 0 Å². The van der Waals surface area contributed by atoms with E-state index in [1.165, 1.54) is 11.8 Å². The third-order valence-corrected chi connectivity index (χ3v) is 5.89. The largest absolute Gasteiger partial charge is 0.497 e. The van der Waals surface area contributed by atoms with Gasteiger partial charge in [-0.25, -0.2) is 15.0 Å². The van der Waals surface area contributed by atoms with Crippen molar-refractivity contribution >= 4 is 23.5 Å². The molecule has 31 heavy (non-hydrogen) atoms. The molecule has 0 fully saturated rings. The average Bonchev–Trinajstić information content (AvgIpc) is 2.77. The van der Waals surface area contributed by atoms with E-state index in [1.54, 1.807) is 25.4 Å². The Balaban J connectivity index is 1.60. The lowest BCUT2D eigenvalue weighted by molar-refractivity contribution is -0.113. The van der Waals surface area contributed by atoms with Crippen LogP contribution in [0.2, 0.25) is 0 Å². The predicted molar refractivity (Wildman–Crippen MR) is 120 cm³/mol. The Kier molecular flexibility index (Phi) is 6.20. The summed E-state index contributed by atoms with van der Waals surface area (Å²) in [7, 11) is 1.64. The molecule has 1 amide bonds. The van der Waals surface area contributed by atoms with Gasteiger partial charge >= 0.3 is 0 Å². The highest BCUT2D eigenvalue weighted by molar-refractivity contribution is 8.00. The van der Waals surface area contributed by atoms with E-state index >= 15 is 0 Å². The van der Waals surface area contributed by atoms with Gasteiger partial charge in [0.2, 0.25) is 5.91 Å². The van der Waals surface area contributed by atoms with E-state index < -0.39 is 0 Å². The molecule has 2 aromatic heterocycles. The summed E-state index contributed by atoms with van der Waals surface area (Å²) in [5, 5.41) is 3.57. The monoisotopic (exact) mass is 436 g/mol. The summed E-state index contributed by atoms with van der Waals surface area (Å²) in [6, 6.07) is 13.0. The molecule has 1 N–H and O–H groups in total. The number of aromatic nitrogens is 3. The fourth-order valence-electron chi connectivity index (χ4n) is 3.26. The molecular weight excluding hydrogens is 412 g/mol. The van der Waals surface area contributed by atoms with E-state index in [2.05, 4.69) is 24.1 Å². The number of hydrogen-bond donors (Lipinski definition) is 1. The Hall–Kier alpha value is -2.97. The van der Waals surface area contributed by atoms with Gasteiger partial charge in [-0.2, -0.15) is 0 Å². The minimum Gasteiger partial charge on any atom is -0.497 e. The number of nitrogens with one attached hydrogen (secondary N) is 1. The first kappa shape index (κ1) is 21.3. The van der Waals surface area contributed by atoms with Crippen LogP contribution in [0.15, 0.2) is 53.7 Å². The van der Waals surface area contributed by atoms with Gasteiger partial charge in [-0.05, 0) is 50.2 Å². The average molecular weight is 437 g/mol. The predicted octanol–water partition coefficient (Wildman–Crippen LogP) is 4.13. The highest BCUT2D eigenvalue weighted by Crippen LogP contribution is 2.34. The van der Waals surface area contributed by atoms with Crippen LogP contribution in [-0.2, 0) is 22.6 Å². The van der Waals surface area contributed by atoms with Crippen LogP contribution in [0.25, 0.3) is 11.4 Å². The summed E-state index contributed by atoms with van der Waals surface area (Å²) in [4.78, 5) is 26.2. The molecule has 0 bridgehead atoms. The van der Waals surface area contributed by atoms with Crippen LogP contribution in [0.1, 0.15) is 25.1 Å². The number of amides is 1. The minimum atomic E-state index is -0.295. The van der Waals surface area contributed by atoms with Gasteiger partial charge in [0.15, 0.2) is 5.82 Å². The summed E-state index contributed by atoms with van der Waals surface area (Å²) in [5.41, 5.74) is 2.52. The number of hydrogen-bond acceptors (Lipinski definition) is 7. The minimum absolute atomic E-state index is 0.140. The molecule has 1 aliphatic heterocycles. The fourth-order valence-corrected chi connectivity index (χ4v) is 4.10. The van der Waals surface area contributed by atoms with E-state index in [0.29, 0.717) is 24.7 Å². The number of benzene rings is 1. The lowest BCUT2D eigenvalue weighted by Crippen LogP contribution is -2.33. The van der Waals surface area contributed by atoms with Gasteiger partial charge in [-0.3, -0.25) is 4.79 Å². The highest BCUT2D eigenvalue weighted by Gasteiger charge is 2.30. The molecule has 0 spiro atoms. The molecule has 3 heterocycles. The number of anilines is 1. The lowest BCUT2D eigenvalue weighted by atomic mass is 9.96. The molecular formula is C23H24N4O3S. The maximum Gasteiger partial charge on any atom is 0.235 e. The summed E-state index contributed by atoms with van der Waals surface area (Å²) >= 11 is 1.38. The van der Waals surface area contributed by atoms with Gasteiger partial charge in [0.05, 0.1) is 30.8 Å². The highest BCUT2D eigenvalue weighted by atomic mass is 32.2. The zero-order valence-electron chi connectivity index (χ0n) is 17.7. The van der Waals surface area contributed by atoms with Gasteiger partial charge in [0.1, 0.15) is 16.6 Å². The van der Waals surface area contributed by atoms with E-state index in [0.717, 1.165) is 27.6 Å². The normalized spacial score (nSPS) is 14.5. The topological polar surface area (TPSA) is 86.2 Å². The molecule has 8 heteroatoms. The SMILES string of the molecule is COc1ccc(-c2nc3c(c(SCC(=O)Nc4ccccn4)n2)COC(C)(C)C3)cc1. The second-order valence-corrected chi connectivity index (χ2v) is 8.75. The summed E-state index contributed by atoms with van der Waals surface area (Å²) in [5.74, 6) is 2.01. The Labute approximate surface area is 185 Å². The zero-order chi connectivity index (χ0) is 21.8. The summed E-state index contributed by atoms with van der Waals surface area (Å²) in [6.07, 6.45) is 2.32. The van der Waals surface area contributed by atoms with Crippen molar-refractivity contribution in [1.29, 1.82) is 0 Å².